The summed E-state index contributed by atoms with van der Waals surface area (Å²) >= 11 is 0. The minimum atomic E-state index is -1.65. The van der Waals surface area contributed by atoms with Gasteiger partial charge in [0.25, 0.3) is 0 Å². The summed E-state index contributed by atoms with van der Waals surface area (Å²) in [6.45, 7) is 0.429. The van der Waals surface area contributed by atoms with Gasteiger partial charge in [-0.2, -0.15) is 0 Å². The molecule has 1 aliphatic carbocycles. The minimum absolute atomic E-state index is 0.0418. The fraction of sp³-hybridized carbons (Fsp3) is 0.643. The number of aromatic nitrogens is 2. The predicted octanol–water partition coefficient (Wildman–Crippen LogP) is -0.887. The van der Waals surface area contributed by atoms with E-state index in [0.717, 1.165) is 12.8 Å². The number of piperidine rings is 1. The second-order valence-corrected chi connectivity index (χ2v) is 6.21. The maximum Gasteiger partial charge on any atom is 0.329 e. The topological polar surface area (TPSA) is 146 Å². The van der Waals surface area contributed by atoms with Gasteiger partial charge in [0.05, 0.1) is 5.60 Å². The van der Waals surface area contributed by atoms with Crippen LogP contribution in [0.3, 0.4) is 0 Å². The summed E-state index contributed by atoms with van der Waals surface area (Å²) in [5.41, 5.74) is -1.65. The van der Waals surface area contributed by atoms with Crippen molar-refractivity contribution in [3.05, 3.63) is 11.8 Å². The van der Waals surface area contributed by atoms with E-state index in [1.165, 1.54) is 4.90 Å². The van der Waals surface area contributed by atoms with Gasteiger partial charge in [-0.25, -0.2) is 4.79 Å². The van der Waals surface area contributed by atoms with Crippen LogP contribution in [-0.2, 0) is 9.59 Å². The fourth-order valence-corrected chi connectivity index (χ4v) is 2.75. The fourth-order valence-electron chi connectivity index (χ4n) is 2.75. The highest BCUT2D eigenvalue weighted by Crippen LogP contribution is 2.39. The van der Waals surface area contributed by atoms with E-state index in [1.54, 1.807) is 0 Å². The molecule has 2 fully saturated rings. The van der Waals surface area contributed by atoms with Crippen LogP contribution in [0.4, 0.5) is 0 Å². The van der Waals surface area contributed by atoms with Gasteiger partial charge in [0.2, 0.25) is 12.3 Å². The standard InChI is InChI=1S/C14H18N4O6/c19-7-18-5-3-14(23,4-6-18)9(13(21)22)15-10(20)12-17-16-11(24-12)8-1-2-8/h7-9,23H,1-6H2,(H,15,20)(H,21,22). The van der Waals surface area contributed by atoms with Crippen molar-refractivity contribution in [2.75, 3.05) is 13.1 Å². The lowest BCUT2D eigenvalue weighted by molar-refractivity contribution is -0.150. The third-order valence-corrected chi connectivity index (χ3v) is 4.43. The number of nitrogens with one attached hydrogen (secondary N) is 1. The first-order chi connectivity index (χ1) is 11.4. The van der Waals surface area contributed by atoms with E-state index < -0.39 is 23.5 Å². The van der Waals surface area contributed by atoms with E-state index in [4.69, 9.17) is 4.42 Å². The number of hydrogen-bond donors (Lipinski definition) is 3. The van der Waals surface area contributed by atoms with Gasteiger partial charge in [0, 0.05) is 19.0 Å². The van der Waals surface area contributed by atoms with Crippen LogP contribution in [0, 0.1) is 0 Å². The third kappa shape index (κ3) is 3.23. The number of rotatable bonds is 6. The lowest BCUT2D eigenvalue weighted by Crippen LogP contribution is -2.60. The van der Waals surface area contributed by atoms with Crippen molar-refractivity contribution in [1.29, 1.82) is 0 Å². The average Bonchev–Trinajstić information content (AvgIpc) is 3.29. The highest BCUT2D eigenvalue weighted by molar-refractivity contribution is 5.93. The lowest BCUT2D eigenvalue weighted by Gasteiger charge is -2.40. The van der Waals surface area contributed by atoms with Crippen LogP contribution in [0.1, 0.15) is 48.2 Å². The molecule has 1 unspecified atom stereocenters. The number of aliphatic carboxylic acids is 1. The molecule has 24 heavy (non-hydrogen) atoms. The molecule has 1 aromatic heterocycles. The first kappa shape index (κ1) is 16.4. The van der Waals surface area contributed by atoms with Gasteiger partial charge in [0.1, 0.15) is 0 Å². The molecule has 1 saturated carbocycles. The zero-order valence-corrected chi connectivity index (χ0v) is 12.8. The number of amides is 2. The second kappa shape index (κ2) is 6.19. The van der Waals surface area contributed by atoms with Gasteiger partial charge in [-0.1, -0.05) is 0 Å². The van der Waals surface area contributed by atoms with Crippen LogP contribution in [-0.4, -0.2) is 68.3 Å². The van der Waals surface area contributed by atoms with Crippen molar-refractivity contribution in [1.82, 2.24) is 20.4 Å². The predicted molar refractivity (Wildman–Crippen MR) is 77.0 cm³/mol. The maximum atomic E-state index is 12.2. The Kier molecular flexibility index (Phi) is 4.22. The van der Waals surface area contributed by atoms with E-state index in [-0.39, 0.29) is 37.7 Å². The molecule has 1 saturated heterocycles. The van der Waals surface area contributed by atoms with Crippen molar-refractivity contribution >= 4 is 18.3 Å². The zero-order valence-electron chi connectivity index (χ0n) is 12.8. The first-order valence-corrected chi connectivity index (χ1v) is 7.72. The third-order valence-electron chi connectivity index (χ3n) is 4.43. The molecule has 0 bridgehead atoms. The number of hydrogen-bond acceptors (Lipinski definition) is 7. The number of carboxylic acids is 1. The van der Waals surface area contributed by atoms with Gasteiger partial charge >= 0.3 is 17.8 Å². The van der Waals surface area contributed by atoms with Crippen LogP contribution in [0.5, 0.6) is 0 Å². The number of nitrogens with zero attached hydrogens (tertiary/aromatic N) is 3. The van der Waals surface area contributed by atoms with E-state index >= 15 is 0 Å². The number of aliphatic hydroxyl groups is 1. The highest BCUT2D eigenvalue weighted by Gasteiger charge is 2.45. The molecule has 0 spiro atoms. The summed E-state index contributed by atoms with van der Waals surface area (Å²) < 4.78 is 5.24. The van der Waals surface area contributed by atoms with Crippen LogP contribution in [0.25, 0.3) is 0 Å². The van der Waals surface area contributed by atoms with Crippen molar-refractivity contribution in [3.63, 3.8) is 0 Å². The summed E-state index contributed by atoms with van der Waals surface area (Å²) in [5, 5.41) is 29.6. The van der Waals surface area contributed by atoms with Crippen molar-refractivity contribution in [2.45, 2.75) is 43.2 Å². The Morgan fingerprint density at radius 1 is 1.33 bits per heavy atom. The molecular weight excluding hydrogens is 320 g/mol. The SMILES string of the molecule is O=CN1CCC(O)(C(NC(=O)c2nnc(C3CC3)o2)C(=O)O)CC1. The maximum absolute atomic E-state index is 12.2. The molecule has 3 N–H and O–H groups in total. The monoisotopic (exact) mass is 338 g/mol. The van der Waals surface area contributed by atoms with Crippen molar-refractivity contribution < 1.29 is 29.0 Å². The molecule has 10 heteroatoms. The summed E-state index contributed by atoms with van der Waals surface area (Å²) in [7, 11) is 0. The number of likely N-dealkylation sites (tertiary alicyclic amines) is 1. The molecule has 10 nitrogen and oxygen atoms in total. The van der Waals surface area contributed by atoms with Gasteiger partial charge in [-0.05, 0) is 25.7 Å². The Morgan fingerprint density at radius 3 is 2.54 bits per heavy atom. The van der Waals surface area contributed by atoms with E-state index in [2.05, 4.69) is 15.5 Å². The Morgan fingerprint density at radius 2 is 2.00 bits per heavy atom. The average molecular weight is 338 g/mol. The smallest absolute Gasteiger partial charge is 0.329 e. The molecule has 1 atom stereocenters. The van der Waals surface area contributed by atoms with Gasteiger partial charge in [0.15, 0.2) is 6.04 Å². The van der Waals surface area contributed by atoms with Gasteiger partial charge in [-0.3, -0.25) is 9.59 Å². The number of carbonyl (C=O) groups is 3. The summed E-state index contributed by atoms with van der Waals surface area (Å²) in [6.07, 6.45) is 2.58. The first-order valence-electron chi connectivity index (χ1n) is 7.72. The summed E-state index contributed by atoms with van der Waals surface area (Å²) in [5.74, 6) is -1.99. The minimum Gasteiger partial charge on any atom is -0.480 e. The zero-order chi connectivity index (χ0) is 17.3. The van der Waals surface area contributed by atoms with Crippen LogP contribution < -0.4 is 5.32 Å². The van der Waals surface area contributed by atoms with Crippen LogP contribution in [0.2, 0.25) is 0 Å². The Hall–Kier alpha value is -2.49. The van der Waals surface area contributed by atoms with Crippen molar-refractivity contribution in [2.24, 2.45) is 0 Å². The van der Waals surface area contributed by atoms with Gasteiger partial charge < -0.3 is 24.8 Å². The molecule has 1 aromatic rings. The molecule has 0 aromatic carbocycles. The molecule has 130 valence electrons. The normalized spacial score (nSPS) is 21.1. The van der Waals surface area contributed by atoms with E-state index in [1.807, 2.05) is 0 Å². The van der Waals surface area contributed by atoms with Gasteiger partial charge in [-0.15, -0.1) is 10.2 Å². The van der Waals surface area contributed by atoms with E-state index in [9.17, 15) is 24.6 Å². The second-order valence-electron chi connectivity index (χ2n) is 6.21. The van der Waals surface area contributed by atoms with Crippen molar-refractivity contribution in [3.8, 4) is 0 Å². The molecule has 2 heterocycles. The van der Waals surface area contributed by atoms with E-state index in [0.29, 0.717) is 12.3 Å². The number of carboxylic acid groups (broad SMARTS) is 1. The Bertz CT molecular complexity index is 647. The highest BCUT2D eigenvalue weighted by atomic mass is 16.4. The molecule has 2 amide bonds. The number of carbonyl (C=O) groups excluding carboxylic acids is 2. The Labute approximate surface area is 136 Å². The largest absolute Gasteiger partial charge is 0.480 e. The van der Waals surface area contributed by atoms with Crippen LogP contribution >= 0.6 is 0 Å². The molecule has 1 aliphatic heterocycles. The quantitative estimate of drug-likeness (QED) is 0.566. The summed E-state index contributed by atoms with van der Waals surface area (Å²) in [6, 6.07) is -1.53. The Balaban J connectivity index is 1.69. The molecule has 2 aliphatic rings. The summed E-state index contributed by atoms with van der Waals surface area (Å²) in [4.78, 5) is 35.9. The molecule has 0 radical (unpaired) electrons. The molecule has 3 rings (SSSR count). The van der Waals surface area contributed by atoms with Crippen LogP contribution in [0.15, 0.2) is 4.42 Å². The molecular formula is C14H18N4O6. The lowest BCUT2D eigenvalue weighted by atomic mass is 9.84.